The molecule has 0 saturated heterocycles. The summed E-state index contributed by atoms with van der Waals surface area (Å²) < 4.78 is 35.1. The molecule has 0 rings (SSSR count). The average molecular weight is 907 g/mol. The van der Waals surface area contributed by atoms with Crippen LogP contribution in [0.5, 0.6) is 0 Å². The molecule has 0 aromatic heterocycles. The van der Waals surface area contributed by atoms with Crippen molar-refractivity contribution in [3.05, 3.63) is 60.8 Å². The van der Waals surface area contributed by atoms with Crippen molar-refractivity contribution < 1.29 is 37.3 Å². The highest BCUT2D eigenvalue weighted by molar-refractivity contribution is 7.47. The standard InChI is InChI=1S/C54H100NO7P/c1-6-8-10-12-14-16-18-20-22-24-26-27-28-29-30-31-33-35-37-39-41-43-45-47-54(56)62-53(52-61-63(57,58)60-50-48-55(3,4)5)51-59-49-46-44-42-40-38-36-34-32-25-23-21-19-17-15-13-11-9-7-2/h9,11,15,17,21,23,32,34,38,40,53H,6-8,10,12-14,16,18-20,22,24-31,33,35-37,39,41-52H2,1-5H3/p+1/b11-9-,17-15-,23-21-,34-32-,40-38-. The van der Waals surface area contributed by atoms with E-state index in [1.807, 2.05) is 21.1 Å². The molecule has 2 unspecified atom stereocenters. The topological polar surface area (TPSA) is 91.3 Å². The number of quaternary nitrogens is 1. The Morgan fingerprint density at radius 3 is 1.35 bits per heavy atom. The Kier molecular flexibility index (Phi) is 45.4. The van der Waals surface area contributed by atoms with Crippen LogP contribution >= 0.6 is 7.82 Å². The highest BCUT2D eigenvalue weighted by Gasteiger charge is 2.26. The fourth-order valence-corrected chi connectivity index (χ4v) is 7.85. The molecule has 0 aliphatic carbocycles. The third-order valence-electron chi connectivity index (χ3n) is 11.1. The van der Waals surface area contributed by atoms with E-state index in [1.54, 1.807) is 0 Å². The van der Waals surface area contributed by atoms with Crippen LogP contribution in [0.2, 0.25) is 0 Å². The third-order valence-corrected chi connectivity index (χ3v) is 12.1. The number of phosphoric acid groups is 1. The predicted octanol–water partition coefficient (Wildman–Crippen LogP) is 16.1. The van der Waals surface area contributed by atoms with E-state index in [0.29, 0.717) is 24.1 Å². The van der Waals surface area contributed by atoms with E-state index < -0.39 is 13.9 Å². The minimum Gasteiger partial charge on any atom is -0.457 e. The molecule has 8 nitrogen and oxygen atoms in total. The molecular weight excluding hydrogens is 806 g/mol. The van der Waals surface area contributed by atoms with Crippen LogP contribution in [0.15, 0.2) is 60.8 Å². The lowest BCUT2D eigenvalue weighted by molar-refractivity contribution is -0.870. The number of likely N-dealkylation sites (N-methyl/N-ethyl adjacent to an activating group) is 1. The summed E-state index contributed by atoms with van der Waals surface area (Å²) in [6.07, 6.45) is 60.0. The Hall–Kier alpha value is -1.80. The molecule has 0 aliphatic rings. The summed E-state index contributed by atoms with van der Waals surface area (Å²) in [7, 11) is 1.64. The lowest BCUT2D eigenvalue weighted by Crippen LogP contribution is -2.37. The molecule has 0 heterocycles. The van der Waals surface area contributed by atoms with Crippen LogP contribution in [0.3, 0.4) is 0 Å². The lowest BCUT2D eigenvalue weighted by Gasteiger charge is -2.24. The molecular formula is C54H101NO7P+. The molecule has 0 radical (unpaired) electrons. The lowest BCUT2D eigenvalue weighted by atomic mass is 10.0. The Morgan fingerprint density at radius 1 is 0.508 bits per heavy atom. The van der Waals surface area contributed by atoms with Crippen molar-refractivity contribution in [2.45, 2.75) is 225 Å². The normalized spacial score (nSPS) is 14.1. The number of hydrogen-bond donors (Lipinski definition) is 1. The first kappa shape index (κ1) is 61.2. The molecule has 0 aromatic rings. The number of carbonyl (C=O) groups excluding carboxylic acids is 1. The SMILES string of the molecule is CC/C=C\C/C=C\C/C=C\C/C=C\C/C=C\CCCCOCC(COP(=O)(O)OCC[N+](C)(C)C)OC(=O)CCCCCCCCCCCCCCCCCCCCCCCCC. The second kappa shape index (κ2) is 46.7. The molecule has 0 amide bonds. The predicted molar refractivity (Wildman–Crippen MR) is 270 cm³/mol. The van der Waals surface area contributed by atoms with Gasteiger partial charge in [-0.1, -0.05) is 216 Å². The second-order valence-corrected chi connectivity index (χ2v) is 20.0. The number of nitrogens with zero attached hydrogens (tertiary/aromatic N) is 1. The van der Waals surface area contributed by atoms with E-state index in [4.69, 9.17) is 18.5 Å². The number of unbranched alkanes of at least 4 members (excludes halogenated alkanes) is 24. The zero-order valence-corrected chi connectivity index (χ0v) is 42.7. The van der Waals surface area contributed by atoms with Crippen molar-refractivity contribution in [3.63, 3.8) is 0 Å². The average Bonchev–Trinajstić information content (AvgIpc) is 3.24. The summed E-state index contributed by atoms with van der Waals surface area (Å²) in [4.78, 5) is 23.0. The zero-order chi connectivity index (χ0) is 46.2. The molecule has 0 aromatic carbocycles. The van der Waals surface area contributed by atoms with Crippen LogP contribution in [0.4, 0.5) is 0 Å². The smallest absolute Gasteiger partial charge is 0.457 e. The summed E-state index contributed by atoms with van der Waals surface area (Å²) in [5.41, 5.74) is 0. The van der Waals surface area contributed by atoms with Gasteiger partial charge in [-0.2, -0.15) is 0 Å². The molecule has 1 N–H and O–H groups in total. The van der Waals surface area contributed by atoms with E-state index in [0.717, 1.165) is 70.6 Å². The van der Waals surface area contributed by atoms with Crippen molar-refractivity contribution in [2.75, 3.05) is 54.1 Å². The highest BCUT2D eigenvalue weighted by atomic mass is 31.2. The maximum absolute atomic E-state index is 12.8. The van der Waals surface area contributed by atoms with Crippen LogP contribution < -0.4 is 0 Å². The largest absolute Gasteiger partial charge is 0.472 e. The van der Waals surface area contributed by atoms with E-state index in [1.165, 1.54) is 128 Å². The fraction of sp³-hybridized carbons (Fsp3) is 0.796. The van der Waals surface area contributed by atoms with Crippen LogP contribution in [0.1, 0.15) is 219 Å². The van der Waals surface area contributed by atoms with E-state index in [9.17, 15) is 14.3 Å². The third kappa shape index (κ3) is 51.1. The number of carbonyl (C=O) groups is 1. The minimum absolute atomic E-state index is 0.0790. The molecule has 0 aliphatic heterocycles. The van der Waals surface area contributed by atoms with Crippen molar-refractivity contribution in [3.8, 4) is 0 Å². The van der Waals surface area contributed by atoms with Crippen LogP contribution in [-0.4, -0.2) is 75.6 Å². The van der Waals surface area contributed by atoms with Crippen LogP contribution in [0, 0.1) is 0 Å². The summed E-state index contributed by atoms with van der Waals surface area (Å²) >= 11 is 0. The van der Waals surface area contributed by atoms with Gasteiger partial charge in [0.05, 0.1) is 34.4 Å². The zero-order valence-electron chi connectivity index (χ0n) is 41.8. The minimum atomic E-state index is -4.29. The van der Waals surface area contributed by atoms with Gasteiger partial charge in [-0.25, -0.2) is 4.57 Å². The van der Waals surface area contributed by atoms with Crippen LogP contribution in [0.25, 0.3) is 0 Å². The van der Waals surface area contributed by atoms with Crippen molar-refractivity contribution in [1.29, 1.82) is 0 Å². The maximum atomic E-state index is 12.8. The number of ether oxygens (including phenoxy) is 2. The number of rotatable bonds is 48. The Balaban J connectivity index is 4.17. The molecule has 63 heavy (non-hydrogen) atoms. The number of phosphoric ester groups is 1. The van der Waals surface area contributed by atoms with Gasteiger partial charge in [-0.05, 0) is 57.8 Å². The van der Waals surface area contributed by atoms with Gasteiger partial charge in [0.2, 0.25) is 0 Å². The number of allylic oxidation sites excluding steroid dienone is 10. The Bertz CT molecular complexity index is 1190. The molecule has 0 bridgehead atoms. The molecule has 0 saturated carbocycles. The first-order valence-corrected chi connectivity index (χ1v) is 27.5. The van der Waals surface area contributed by atoms with Gasteiger partial charge in [0, 0.05) is 13.0 Å². The Morgan fingerprint density at radius 2 is 0.921 bits per heavy atom. The summed E-state index contributed by atoms with van der Waals surface area (Å²) in [5.74, 6) is -0.326. The number of esters is 1. The van der Waals surface area contributed by atoms with Gasteiger partial charge in [-0.3, -0.25) is 13.8 Å². The van der Waals surface area contributed by atoms with Crippen LogP contribution in [-0.2, 0) is 27.9 Å². The first-order valence-electron chi connectivity index (χ1n) is 26.0. The molecule has 2 atom stereocenters. The van der Waals surface area contributed by atoms with E-state index >= 15 is 0 Å². The molecule has 9 heteroatoms. The van der Waals surface area contributed by atoms with Gasteiger partial charge in [0.15, 0.2) is 0 Å². The Labute approximate surface area is 390 Å². The van der Waals surface area contributed by atoms with Crippen molar-refractivity contribution in [2.24, 2.45) is 0 Å². The summed E-state index contributed by atoms with van der Waals surface area (Å²) in [6.45, 7) is 5.42. The number of hydrogen-bond acceptors (Lipinski definition) is 6. The van der Waals surface area contributed by atoms with Crippen molar-refractivity contribution in [1.82, 2.24) is 0 Å². The molecule has 0 fully saturated rings. The fourth-order valence-electron chi connectivity index (χ4n) is 7.11. The van der Waals surface area contributed by atoms with Gasteiger partial charge in [-0.15, -0.1) is 0 Å². The first-order chi connectivity index (χ1) is 30.6. The van der Waals surface area contributed by atoms with Gasteiger partial charge in [0.1, 0.15) is 19.3 Å². The van der Waals surface area contributed by atoms with E-state index in [2.05, 4.69) is 74.6 Å². The van der Waals surface area contributed by atoms with E-state index in [-0.39, 0.29) is 25.8 Å². The maximum Gasteiger partial charge on any atom is 0.472 e. The van der Waals surface area contributed by atoms with Gasteiger partial charge in [0.25, 0.3) is 0 Å². The summed E-state index contributed by atoms with van der Waals surface area (Å²) in [5, 5.41) is 0. The van der Waals surface area contributed by atoms with Crippen molar-refractivity contribution >= 4 is 13.8 Å². The molecule has 368 valence electrons. The van der Waals surface area contributed by atoms with Gasteiger partial charge < -0.3 is 18.9 Å². The second-order valence-electron chi connectivity index (χ2n) is 18.5. The monoisotopic (exact) mass is 907 g/mol. The summed E-state index contributed by atoms with van der Waals surface area (Å²) in [6, 6.07) is 0. The molecule has 0 spiro atoms. The quantitative estimate of drug-likeness (QED) is 0.0214. The highest BCUT2D eigenvalue weighted by Crippen LogP contribution is 2.43. The van der Waals surface area contributed by atoms with Gasteiger partial charge >= 0.3 is 13.8 Å².